The molecule has 0 radical (unpaired) electrons. The highest BCUT2D eigenvalue weighted by molar-refractivity contribution is 5.76. The third-order valence-electron chi connectivity index (χ3n) is 14.0. The summed E-state index contributed by atoms with van der Waals surface area (Å²) in [6, 6.07) is -0.565. The molecular weight excluding hydrogens is 891 g/mol. The van der Waals surface area contributed by atoms with Crippen molar-refractivity contribution in [3.63, 3.8) is 0 Å². The molecular formula is C69H121NO3. The lowest BCUT2D eigenvalue weighted by atomic mass is 10.0. The van der Waals surface area contributed by atoms with E-state index in [0.717, 1.165) is 96.3 Å². The van der Waals surface area contributed by atoms with Gasteiger partial charge in [0.2, 0.25) is 5.91 Å². The van der Waals surface area contributed by atoms with Gasteiger partial charge in [0.15, 0.2) is 0 Å². The van der Waals surface area contributed by atoms with Crippen LogP contribution in [0.5, 0.6) is 0 Å². The number of carbonyl (C=O) groups is 1. The van der Waals surface area contributed by atoms with E-state index < -0.39 is 12.1 Å². The van der Waals surface area contributed by atoms with E-state index in [1.807, 2.05) is 0 Å². The Bertz CT molecular complexity index is 1380. The van der Waals surface area contributed by atoms with Crippen molar-refractivity contribution in [2.24, 2.45) is 0 Å². The normalized spacial score (nSPS) is 13.5. The van der Waals surface area contributed by atoms with Gasteiger partial charge in [-0.25, -0.2) is 0 Å². The number of hydrogen-bond donors (Lipinski definition) is 3. The van der Waals surface area contributed by atoms with Crippen molar-refractivity contribution in [3.05, 3.63) is 109 Å². The molecule has 4 heteroatoms. The van der Waals surface area contributed by atoms with E-state index in [-0.39, 0.29) is 12.5 Å². The minimum atomic E-state index is -0.684. The third kappa shape index (κ3) is 59.8. The highest BCUT2D eigenvalue weighted by Gasteiger charge is 2.20. The Morgan fingerprint density at radius 1 is 0.342 bits per heavy atom. The zero-order valence-electron chi connectivity index (χ0n) is 48.4. The van der Waals surface area contributed by atoms with Crippen molar-refractivity contribution in [2.75, 3.05) is 6.61 Å². The van der Waals surface area contributed by atoms with Crippen molar-refractivity contribution in [3.8, 4) is 0 Å². The van der Waals surface area contributed by atoms with Crippen LogP contribution in [-0.2, 0) is 4.79 Å². The quantitative estimate of drug-likeness (QED) is 0.0420. The molecule has 0 aliphatic heterocycles. The average Bonchev–Trinajstić information content (AvgIpc) is 3.40. The minimum absolute atomic E-state index is 0.0640. The van der Waals surface area contributed by atoms with Crippen LogP contribution in [0.2, 0.25) is 0 Å². The molecule has 0 aromatic heterocycles. The molecule has 0 aliphatic rings. The van der Waals surface area contributed by atoms with Crippen LogP contribution in [0.3, 0.4) is 0 Å². The fraction of sp³-hybridized carbons (Fsp3) is 0.725. The Morgan fingerprint density at radius 3 is 0.890 bits per heavy atom. The van der Waals surface area contributed by atoms with Gasteiger partial charge in [-0.2, -0.15) is 0 Å². The first-order valence-corrected chi connectivity index (χ1v) is 31.6. The molecule has 420 valence electrons. The molecule has 0 fully saturated rings. The Balaban J connectivity index is 3.57. The van der Waals surface area contributed by atoms with Crippen LogP contribution in [0.1, 0.15) is 303 Å². The molecule has 0 aliphatic carbocycles. The summed E-state index contributed by atoms with van der Waals surface area (Å²) in [5, 5.41) is 23.4. The molecule has 3 N–H and O–H groups in total. The molecule has 0 heterocycles. The predicted molar refractivity (Wildman–Crippen MR) is 326 cm³/mol. The second-order valence-electron chi connectivity index (χ2n) is 21.1. The van der Waals surface area contributed by atoms with Gasteiger partial charge in [0, 0.05) is 6.42 Å². The van der Waals surface area contributed by atoms with E-state index in [9.17, 15) is 15.0 Å². The fourth-order valence-corrected chi connectivity index (χ4v) is 9.30. The first-order valence-electron chi connectivity index (χ1n) is 31.6. The maximum atomic E-state index is 12.5. The molecule has 2 atom stereocenters. The van der Waals surface area contributed by atoms with Crippen LogP contribution in [0, 0.1) is 0 Å². The fourth-order valence-electron chi connectivity index (χ4n) is 9.30. The van der Waals surface area contributed by atoms with Gasteiger partial charge in [0.05, 0.1) is 18.8 Å². The molecule has 4 nitrogen and oxygen atoms in total. The third-order valence-corrected chi connectivity index (χ3v) is 14.0. The summed E-state index contributed by atoms with van der Waals surface area (Å²) in [5.74, 6) is -0.0640. The number of unbranched alkanes of at least 4 members (excludes halogenated alkanes) is 32. The molecule has 0 saturated carbocycles. The molecule has 2 unspecified atom stereocenters. The molecule has 0 bridgehead atoms. The van der Waals surface area contributed by atoms with Gasteiger partial charge < -0.3 is 15.5 Å². The van der Waals surface area contributed by atoms with E-state index in [1.165, 1.54) is 180 Å². The Kier molecular flexibility index (Phi) is 60.8. The zero-order chi connectivity index (χ0) is 52.7. The monoisotopic (exact) mass is 1010 g/mol. The van der Waals surface area contributed by atoms with E-state index in [2.05, 4.69) is 129 Å². The topological polar surface area (TPSA) is 69.6 Å². The van der Waals surface area contributed by atoms with Gasteiger partial charge in [-0.05, 0) is 83.5 Å². The predicted octanol–water partition coefficient (Wildman–Crippen LogP) is 21.4. The number of nitrogens with one attached hydrogen (secondary N) is 1. The average molecular weight is 1010 g/mol. The van der Waals surface area contributed by atoms with Crippen LogP contribution < -0.4 is 5.32 Å². The van der Waals surface area contributed by atoms with Crippen LogP contribution >= 0.6 is 0 Å². The molecule has 1 amide bonds. The molecule has 0 spiro atoms. The first kappa shape index (κ1) is 70.1. The summed E-state index contributed by atoms with van der Waals surface area (Å²) in [7, 11) is 0. The standard InChI is InChI=1S/C69H121NO3/c1-3-5-7-9-11-13-15-17-19-21-23-25-27-29-31-33-35-37-39-41-43-45-47-49-51-53-55-57-59-61-63-65-69(73)70-67(66-71)68(72)64-62-60-58-56-54-52-50-48-46-44-42-40-38-36-34-32-30-28-26-24-22-20-18-16-14-12-10-8-6-4-2/h5,7,11,13,17,19,23,25,29,31,35,37,41,43,47,49,53,55,67-68,71-72H,3-4,6,8-10,12,14-16,18,20-22,24,26-28,30,32-34,36,38-40,42,44-46,48,50-52,54,56-66H2,1-2H3,(H,70,73)/b7-5-,13-11-,19-17-,25-23-,31-29-,37-35-,43-41-,49-47-,55-53-. The van der Waals surface area contributed by atoms with Gasteiger partial charge in [0.1, 0.15) is 0 Å². The number of aliphatic hydroxyl groups excluding tert-OH is 2. The number of rotatable bonds is 57. The van der Waals surface area contributed by atoms with Crippen LogP contribution in [-0.4, -0.2) is 34.9 Å². The van der Waals surface area contributed by atoms with Crippen LogP contribution in [0.15, 0.2) is 109 Å². The number of amides is 1. The van der Waals surface area contributed by atoms with Crippen molar-refractivity contribution in [2.45, 2.75) is 315 Å². The first-order chi connectivity index (χ1) is 36.2. The van der Waals surface area contributed by atoms with Crippen molar-refractivity contribution < 1.29 is 15.0 Å². The van der Waals surface area contributed by atoms with Crippen molar-refractivity contribution >= 4 is 5.91 Å². The van der Waals surface area contributed by atoms with Gasteiger partial charge in [-0.15, -0.1) is 0 Å². The summed E-state index contributed by atoms with van der Waals surface area (Å²) in [5.41, 5.74) is 0. The smallest absolute Gasteiger partial charge is 0.220 e. The molecule has 0 aromatic carbocycles. The van der Waals surface area contributed by atoms with Gasteiger partial charge in [-0.3, -0.25) is 4.79 Å². The SMILES string of the molecule is CC/C=C\C/C=C\C/C=C\C/C=C\C/C=C\C/C=C\C/C=C\C/C=C\C/C=C\CCCCCC(=O)NC(CO)C(O)CCCCCCCCCCCCCCCCCCCCCCCCCCCCCCCC. The lowest BCUT2D eigenvalue weighted by Crippen LogP contribution is -2.45. The minimum Gasteiger partial charge on any atom is -0.394 e. The van der Waals surface area contributed by atoms with Crippen molar-refractivity contribution in [1.29, 1.82) is 0 Å². The summed E-state index contributed by atoms with van der Waals surface area (Å²) >= 11 is 0. The van der Waals surface area contributed by atoms with E-state index in [1.54, 1.807) is 0 Å². The summed E-state index contributed by atoms with van der Waals surface area (Å²) in [6.45, 7) is 4.25. The summed E-state index contributed by atoms with van der Waals surface area (Å²) in [6.07, 6.45) is 95.3. The number of hydrogen-bond acceptors (Lipinski definition) is 3. The number of allylic oxidation sites excluding steroid dienone is 18. The number of carbonyl (C=O) groups excluding carboxylic acids is 1. The number of aliphatic hydroxyl groups is 2. The van der Waals surface area contributed by atoms with E-state index in [0.29, 0.717) is 12.8 Å². The van der Waals surface area contributed by atoms with Gasteiger partial charge in [-0.1, -0.05) is 322 Å². The molecule has 0 saturated heterocycles. The Labute approximate surface area is 455 Å². The van der Waals surface area contributed by atoms with E-state index >= 15 is 0 Å². The Morgan fingerprint density at radius 2 is 0.603 bits per heavy atom. The molecule has 0 rings (SSSR count). The Hall–Kier alpha value is -2.95. The largest absolute Gasteiger partial charge is 0.394 e. The summed E-state index contributed by atoms with van der Waals surface area (Å²) in [4.78, 5) is 12.5. The second kappa shape index (κ2) is 63.3. The van der Waals surface area contributed by atoms with Gasteiger partial charge >= 0.3 is 0 Å². The maximum Gasteiger partial charge on any atom is 0.220 e. The lowest BCUT2D eigenvalue weighted by molar-refractivity contribution is -0.123. The van der Waals surface area contributed by atoms with E-state index in [4.69, 9.17) is 0 Å². The summed E-state index contributed by atoms with van der Waals surface area (Å²) < 4.78 is 0. The maximum absolute atomic E-state index is 12.5. The molecule has 73 heavy (non-hydrogen) atoms. The van der Waals surface area contributed by atoms with Crippen LogP contribution in [0.25, 0.3) is 0 Å². The second-order valence-corrected chi connectivity index (χ2v) is 21.1. The van der Waals surface area contributed by atoms with Gasteiger partial charge in [0.25, 0.3) is 0 Å². The highest BCUT2D eigenvalue weighted by Crippen LogP contribution is 2.18. The van der Waals surface area contributed by atoms with Crippen molar-refractivity contribution in [1.82, 2.24) is 5.32 Å². The molecule has 0 aromatic rings. The lowest BCUT2D eigenvalue weighted by Gasteiger charge is -2.22. The zero-order valence-corrected chi connectivity index (χ0v) is 48.4. The highest BCUT2D eigenvalue weighted by atomic mass is 16.3. The van der Waals surface area contributed by atoms with Crippen LogP contribution in [0.4, 0.5) is 0 Å².